The van der Waals surface area contributed by atoms with Crippen molar-refractivity contribution < 1.29 is 14.6 Å². The Morgan fingerprint density at radius 1 is 1.00 bits per heavy atom. The number of nitrogens with two attached hydrogens (primary N) is 1. The van der Waals surface area contributed by atoms with E-state index in [1.165, 1.54) is 0 Å². The average molecular weight is 287 g/mol. The smallest absolute Gasteiger partial charge is 0.119 e. The Bertz CT molecular complexity index is 554. The maximum atomic E-state index is 10.1. The Morgan fingerprint density at radius 2 is 1.62 bits per heavy atom. The van der Waals surface area contributed by atoms with E-state index in [9.17, 15) is 5.11 Å². The number of ether oxygens (including phenoxy) is 2. The van der Waals surface area contributed by atoms with E-state index in [0.717, 1.165) is 12.2 Å². The molecule has 1 atom stereocenters. The van der Waals surface area contributed by atoms with Gasteiger partial charge < -0.3 is 20.3 Å². The zero-order valence-electron chi connectivity index (χ0n) is 12.2. The monoisotopic (exact) mass is 287 g/mol. The topological polar surface area (TPSA) is 64.7 Å². The molecule has 0 spiro atoms. The van der Waals surface area contributed by atoms with Crippen LogP contribution >= 0.6 is 0 Å². The van der Waals surface area contributed by atoms with Crippen LogP contribution in [-0.4, -0.2) is 18.3 Å². The first kappa shape index (κ1) is 15.2. The summed E-state index contributed by atoms with van der Waals surface area (Å²) in [5.41, 5.74) is 7.07. The van der Waals surface area contributed by atoms with E-state index in [0.29, 0.717) is 23.6 Å². The maximum absolute atomic E-state index is 10.1. The molecule has 0 radical (unpaired) electrons. The highest BCUT2D eigenvalue weighted by atomic mass is 16.5. The number of rotatable bonds is 7. The first-order chi connectivity index (χ1) is 10.2. The SMILES string of the molecule is CCCOc1ccc(OCC(O)c2ccccc2N)cc1. The van der Waals surface area contributed by atoms with E-state index < -0.39 is 6.10 Å². The number of para-hydroxylation sites is 1. The van der Waals surface area contributed by atoms with Gasteiger partial charge >= 0.3 is 0 Å². The maximum Gasteiger partial charge on any atom is 0.119 e. The van der Waals surface area contributed by atoms with Crippen LogP contribution in [0.1, 0.15) is 25.0 Å². The van der Waals surface area contributed by atoms with Crippen LogP contribution in [0.4, 0.5) is 5.69 Å². The summed E-state index contributed by atoms with van der Waals surface area (Å²) in [5.74, 6) is 1.50. The highest BCUT2D eigenvalue weighted by Gasteiger charge is 2.11. The Balaban J connectivity index is 1.89. The summed E-state index contributed by atoms with van der Waals surface area (Å²) >= 11 is 0. The molecule has 0 saturated carbocycles. The van der Waals surface area contributed by atoms with Gasteiger partial charge in [0, 0.05) is 11.3 Å². The molecule has 3 N–H and O–H groups in total. The number of aliphatic hydroxyl groups excluding tert-OH is 1. The predicted octanol–water partition coefficient (Wildman–Crippen LogP) is 3.17. The molecular formula is C17H21NO3. The first-order valence-electron chi connectivity index (χ1n) is 7.09. The average Bonchev–Trinajstić information content (AvgIpc) is 2.52. The molecule has 21 heavy (non-hydrogen) atoms. The number of benzene rings is 2. The van der Waals surface area contributed by atoms with Crippen molar-refractivity contribution in [3.8, 4) is 11.5 Å². The van der Waals surface area contributed by atoms with Gasteiger partial charge in [-0.15, -0.1) is 0 Å². The lowest BCUT2D eigenvalue weighted by Gasteiger charge is -2.14. The van der Waals surface area contributed by atoms with Gasteiger partial charge in [0.1, 0.15) is 24.2 Å². The van der Waals surface area contributed by atoms with Crippen molar-refractivity contribution in [3.05, 3.63) is 54.1 Å². The molecule has 0 bridgehead atoms. The summed E-state index contributed by atoms with van der Waals surface area (Å²) in [6.45, 7) is 2.92. The van der Waals surface area contributed by atoms with Gasteiger partial charge in [-0.1, -0.05) is 25.1 Å². The Hall–Kier alpha value is -2.20. The van der Waals surface area contributed by atoms with Crippen LogP contribution in [0.15, 0.2) is 48.5 Å². The summed E-state index contributed by atoms with van der Waals surface area (Å²) in [6.07, 6.45) is 0.227. The summed E-state index contributed by atoms with van der Waals surface area (Å²) in [5, 5.41) is 10.1. The van der Waals surface area contributed by atoms with Gasteiger partial charge in [-0.05, 0) is 36.8 Å². The highest BCUT2D eigenvalue weighted by molar-refractivity contribution is 5.47. The third-order valence-electron chi connectivity index (χ3n) is 3.06. The number of aliphatic hydroxyl groups is 1. The van der Waals surface area contributed by atoms with Crippen LogP contribution in [0, 0.1) is 0 Å². The quantitative estimate of drug-likeness (QED) is 0.768. The normalized spacial score (nSPS) is 11.9. The molecule has 0 aromatic heterocycles. The van der Waals surface area contributed by atoms with E-state index in [4.69, 9.17) is 15.2 Å². The van der Waals surface area contributed by atoms with Crippen LogP contribution in [0.2, 0.25) is 0 Å². The van der Waals surface area contributed by atoms with Crippen LogP contribution in [0.5, 0.6) is 11.5 Å². The minimum absolute atomic E-state index is 0.156. The van der Waals surface area contributed by atoms with Gasteiger partial charge in [-0.3, -0.25) is 0 Å². The van der Waals surface area contributed by atoms with Crippen LogP contribution in [0.3, 0.4) is 0 Å². The number of anilines is 1. The fourth-order valence-corrected chi connectivity index (χ4v) is 1.93. The molecule has 2 rings (SSSR count). The minimum Gasteiger partial charge on any atom is -0.494 e. The third-order valence-corrected chi connectivity index (χ3v) is 3.06. The Kier molecular flexibility index (Phi) is 5.46. The second-order valence-electron chi connectivity index (χ2n) is 4.78. The molecule has 0 heterocycles. The van der Waals surface area contributed by atoms with Crippen molar-refractivity contribution in [2.75, 3.05) is 18.9 Å². The molecule has 2 aromatic rings. The first-order valence-corrected chi connectivity index (χ1v) is 7.09. The second kappa shape index (κ2) is 7.55. The molecule has 0 saturated heterocycles. The van der Waals surface area contributed by atoms with Gasteiger partial charge in [0.2, 0.25) is 0 Å². The molecular weight excluding hydrogens is 266 g/mol. The van der Waals surface area contributed by atoms with Crippen molar-refractivity contribution in [1.29, 1.82) is 0 Å². The Labute approximate surface area is 125 Å². The molecule has 0 fully saturated rings. The van der Waals surface area contributed by atoms with Gasteiger partial charge in [0.05, 0.1) is 6.61 Å². The van der Waals surface area contributed by atoms with Crippen LogP contribution in [0.25, 0.3) is 0 Å². The molecule has 0 aliphatic carbocycles. The van der Waals surface area contributed by atoms with Gasteiger partial charge in [-0.2, -0.15) is 0 Å². The molecule has 4 nitrogen and oxygen atoms in total. The predicted molar refractivity (Wildman–Crippen MR) is 83.5 cm³/mol. The molecule has 4 heteroatoms. The zero-order valence-corrected chi connectivity index (χ0v) is 12.2. The van der Waals surface area contributed by atoms with E-state index >= 15 is 0 Å². The van der Waals surface area contributed by atoms with Gasteiger partial charge in [0.25, 0.3) is 0 Å². The van der Waals surface area contributed by atoms with E-state index in [2.05, 4.69) is 6.92 Å². The molecule has 112 valence electrons. The lowest BCUT2D eigenvalue weighted by atomic mass is 10.1. The molecule has 0 amide bonds. The molecule has 0 aliphatic rings. The van der Waals surface area contributed by atoms with E-state index in [1.54, 1.807) is 12.1 Å². The zero-order chi connectivity index (χ0) is 15.1. The molecule has 1 unspecified atom stereocenters. The summed E-state index contributed by atoms with van der Waals surface area (Å²) in [6, 6.07) is 14.6. The van der Waals surface area contributed by atoms with E-state index in [-0.39, 0.29) is 6.61 Å². The number of hydrogen-bond donors (Lipinski definition) is 2. The van der Waals surface area contributed by atoms with E-state index in [1.807, 2.05) is 36.4 Å². The minimum atomic E-state index is -0.748. The lowest BCUT2D eigenvalue weighted by molar-refractivity contribution is 0.108. The second-order valence-corrected chi connectivity index (χ2v) is 4.78. The van der Waals surface area contributed by atoms with Gasteiger partial charge in [0.15, 0.2) is 0 Å². The van der Waals surface area contributed by atoms with Crippen molar-refractivity contribution in [2.45, 2.75) is 19.4 Å². The van der Waals surface area contributed by atoms with Crippen LogP contribution < -0.4 is 15.2 Å². The fourth-order valence-electron chi connectivity index (χ4n) is 1.93. The third kappa shape index (κ3) is 4.39. The summed E-state index contributed by atoms with van der Waals surface area (Å²) in [4.78, 5) is 0. The fraction of sp³-hybridized carbons (Fsp3) is 0.294. The lowest BCUT2D eigenvalue weighted by Crippen LogP contribution is -2.11. The van der Waals surface area contributed by atoms with Crippen molar-refractivity contribution in [1.82, 2.24) is 0 Å². The molecule has 0 aliphatic heterocycles. The van der Waals surface area contributed by atoms with Crippen molar-refractivity contribution >= 4 is 5.69 Å². The summed E-state index contributed by atoms with van der Waals surface area (Å²) in [7, 11) is 0. The highest BCUT2D eigenvalue weighted by Crippen LogP contribution is 2.22. The number of nitrogen functional groups attached to an aromatic ring is 1. The van der Waals surface area contributed by atoms with Crippen molar-refractivity contribution in [2.24, 2.45) is 0 Å². The van der Waals surface area contributed by atoms with Crippen molar-refractivity contribution in [3.63, 3.8) is 0 Å². The number of hydrogen-bond acceptors (Lipinski definition) is 4. The Morgan fingerprint density at radius 3 is 2.24 bits per heavy atom. The summed E-state index contributed by atoms with van der Waals surface area (Å²) < 4.78 is 11.1. The van der Waals surface area contributed by atoms with Gasteiger partial charge in [-0.25, -0.2) is 0 Å². The van der Waals surface area contributed by atoms with Crippen LogP contribution in [-0.2, 0) is 0 Å². The standard InChI is InChI=1S/C17H21NO3/c1-2-11-20-13-7-9-14(10-8-13)21-12-17(19)15-5-3-4-6-16(15)18/h3-10,17,19H,2,11-12,18H2,1H3. The molecule has 2 aromatic carbocycles. The largest absolute Gasteiger partial charge is 0.494 e.